The van der Waals surface area contributed by atoms with Crippen molar-refractivity contribution in [1.82, 2.24) is 29.3 Å². The summed E-state index contributed by atoms with van der Waals surface area (Å²) in [6, 6.07) is 3.71. The fraction of sp³-hybridized carbons (Fsp3) is 0.364. The second-order valence-electron chi connectivity index (χ2n) is 7.82. The minimum absolute atomic E-state index is 0.476. The molecule has 0 bridgehead atoms. The summed E-state index contributed by atoms with van der Waals surface area (Å²) < 4.78 is 20.1. The summed E-state index contributed by atoms with van der Waals surface area (Å²) >= 11 is 0. The Hall–Kier alpha value is -3.82. The van der Waals surface area contributed by atoms with Crippen LogP contribution >= 0.6 is 0 Å². The number of hydrogen-bond donors (Lipinski definition) is 1. The van der Waals surface area contributed by atoms with Crippen molar-refractivity contribution >= 4 is 22.8 Å². The van der Waals surface area contributed by atoms with Crippen LogP contribution in [-0.2, 0) is 6.54 Å². The van der Waals surface area contributed by atoms with E-state index < -0.39 is 0 Å². The molecule has 0 aliphatic heterocycles. The maximum atomic E-state index is 5.45. The quantitative estimate of drug-likeness (QED) is 0.449. The molecular weight excluding hydrogens is 410 g/mol. The molecule has 0 saturated heterocycles. The van der Waals surface area contributed by atoms with E-state index in [1.165, 1.54) is 12.8 Å². The molecule has 0 amide bonds. The predicted molar refractivity (Wildman–Crippen MR) is 119 cm³/mol. The van der Waals surface area contributed by atoms with Crippen molar-refractivity contribution in [3.05, 3.63) is 36.5 Å². The Morgan fingerprint density at radius 2 is 1.81 bits per heavy atom. The van der Waals surface area contributed by atoms with Gasteiger partial charge in [0.1, 0.15) is 6.33 Å². The molecule has 1 aliphatic carbocycles. The summed E-state index contributed by atoms with van der Waals surface area (Å²) in [6.07, 6.45) is 7.88. The molecule has 32 heavy (non-hydrogen) atoms. The number of nitrogens with zero attached hydrogens (tertiary/aromatic N) is 6. The van der Waals surface area contributed by atoms with E-state index in [2.05, 4.69) is 20.4 Å². The first-order valence-electron chi connectivity index (χ1n) is 10.4. The van der Waals surface area contributed by atoms with Crippen molar-refractivity contribution in [3.8, 4) is 22.9 Å². The lowest BCUT2D eigenvalue weighted by Crippen LogP contribution is -2.04. The molecule has 3 heterocycles. The Morgan fingerprint density at radius 1 is 1.06 bits per heavy atom. The highest BCUT2D eigenvalue weighted by Gasteiger charge is 2.24. The van der Waals surface area contributed by atoms with Gasteiger partial charge in [0.2, 0.25) is 11.7 Å². The molecular formula is C22H25N7O3. The first-order chi connectivity index (χ1) is 15.6. The Bertz CT molecular complexity index is 1250. The van der Waals surface area contributed by atoms with Gasteiger partial charge in [-0.2, -0.15) is 10.1 Å². The van der Waals surface area contributed by atoms with E-state index in [9.17, 15) is 0 Å². The number of methoxy groups -OCH3 is 3. The van der Waals surface area contributed by atoms with Crippen LogP contribution in [0.1, 0.15) is 18.5 Å². The van der Waals surface area contributed by atoms with Crippen LogP contribution in [0, 0.1) is 12.8 Å². The lowest BCUT2D eigenvalue weighted by atomic mass is 10.2. The monoisotopic (exact) mass is 435 g/mol. The van der Waals surface area contributed by atoms with Crippen LogP contribution in [0.5, 0.6) is 17.2 Å². The highest BCUT2D eigenvalue weighted by atomic mass is 16.5. The predicted octanol–water partition coefficient (Wildman–Crippen LogP) is 3.50. The van der Waals surface area contributed by atoms with E-state index in [1.54, 1.807) is 27.7 Å². The van der Waals surface area contributed by atoms with Gasteiger partial charge in [-0.05, 0) is 25.7 Å². The van der Waals surface area contributed by atoms with Gasteiger partial charge in [-0.3, -0.25) is 0 Å². The molecule has 1 aromatic carbocycles. The fourth-order valence-electron chi connectivity index (χ4n) is 3.70. The lowest BCUT2D eigenvalue weighted by Gasteiger charge is -2.14. The van der Waals surface area contributed by atoms with E-state index in [1.807, 2.05) is 40.7 Å². The summed E-state index contributed by atoms with van der Waals surface area (Å²) in [5.41, 5.74) is 2.60. The molecule has 1 fully saturated rings. The summed E-state index contributed by atoms with van der Waals surface area (Å²) in [6.45, 7) is 2.89. The van der Waals surface area contributed by atoms with Crippen LogP contribution in [0.25, 0.3) is 16.7 Å². The minimum atomic E-state index is 0.476. The third-order valence-corrected chi connectivity index (χ3v) is 5.57. The van der Waals surface area contributed by atoms with Crippen LogP contribution in [-0.4, -0.2) is 50.6 Å². The van der Waals surface area contributed by atoms with Crippen molar-refractivity contribution in [1.29, 1.82) is 0 Å². The summed E-state index contributed by atoms with van der Waals surface area (Å²) in [7, 11) is 4.75. The van der Waals surface area contributed by atoms with E-state index in [0.717, 1.165) is 29.0 Å². The van der Waals surface area contributed by atoms with Crippen molar-refractivity contribution in [2.45, 2.75) is 26.3 Å². The standard InChI is InChI=1S/C22H25N7O3/c1-13-16-9-23-22(26-21(16)29(27-13)10-14-5-6-14)25-19-11-28(12-24-19)15-7-17(30-2)20(32-4)18(8-15)31-3/h7-9,11-12,14H,5-6,10H2,1-4H3,(H,23,25,26). The van der Waals surface area contributed by atoms with Gasteiger partial charge < -0.3 is 24.1 Å². The molecule has 0 atom stereocenters. The zero-order chi connectivity index (χ0) is 22.2. The van der Waals surface area contributed by atoms with Gasteiger partial charge in [-0.25, -0.2) is 14.6 Å². The van der Waals surface area contributed by atoms with E-state index in [0.29, 0.717) is 34.9 Å². The van der Waals surface area contributed by atoms with Crippen molar-refractivity contribution < 1.29 is 14.2 Å². The molecule has 1 aliphatic rings. The first-order valence-corrected chi connectivity index (χ1v) is 10.4. The van der Waals surface area contributed by atoms with E-state index in [4.69, 9.17) is 19.2 Å². The number of fused-ring (bicyclic) bond motifs is 1. The summed E-state index contributed by atoms with van der Waals surface area (Å²) in [5, 5.41) is 8.80. The molecule has 4 aromatic rings. The lowest BCUT2D eigenvalue weighted by molar-refractivity contribution is 0.324. The molecule has 1 N–H and O–H groups in total. The van der Waals surface area contributed by atoms with Crippen LogP contribution in [0.3, 0.4) is 0 Å². The van der Waals surface area contributed by atoms with E-state index >= 15 is 0 Å². The van der Waals surface area contributed by atoms with Crippen molar-refractivity contribution in [2.24, 2.45) is 5.92 Å². The van der Waals surface area contributed by atoms with Crippen molar-refractivity contribution in [3.63, 3.8) is 0 Å². The SMILES string of the molecule is COc1cc(-n2cnc(Nc3ncc4c(C)nn(CC5CC5)c4n3)c2)cc(OC)c1OC. The summed E-state index contributed by atoms with van der Waals surface area (Å²) in [5.74, 6) is 3.47. The minimum Gasteiger partial charge on any atom is -0.493 e. The van der Waals surface area contributed by atoms with Crippen LogP contribution < -0.4 is 19.5 Å². The molecule has 3 aromatic heterocycles. The number of imidazole rings is 1. The van der Waals surface area contributed by atoms with Gasteiger partial charge in [0, 0.05) is 24.9 Å². The highest BCUT2D eigenvalue weighted by molar-refractivity contribution is 5.78. The molecule has 10 heteroatoms. The van der Waals surface area contributed by atoms with Gasteiger partial charge >= 0.3 is 0 Å². The van der Waals surface area contributed by atoms with Crippen LogP contribution in [0.4, 0.5) is 11.8 Å². The number of anilines is 2. The maximum absolute atomic E-state index is 5.45. The highest BCUT2D eigenvalue weighted by Crippen LogP contribution is 2.39. The maximum Gasteiger partial charge on any atom is 0.230 e. The smallest absolute Gasteiger partial charge is 0.230 e. The zero-order valence-electron chi connectivity index (χ0n) is 18.5. The molecule has 0 unspecified atom stereocenters. The molecule has 0 spiro atoms. The van der Waals surface area contributed by atoms with Gasteiger partial charge in [0.25, 0.3) is 0 Å². The third kappa shape index (κ3) is 3.68. The molecule has 1 saturated carbocycles. The number of rotatable bonds is 8. The van der Waals surface area contributed by atoms with Crippen LogP contribution in [0.2, 0.25) is 0 Å². The number of benzene rings is 1. The summed E-state index contributed by atoms with van der Waals surface area (Å²) in [4.78, 5) is 13.6. The van der Waals surface area contributed by atoms with Crippen molar-refractivity contribution in [2.75, 3.05) is 26.6 Å². The second kappa shape index (κ2) is 8.03. The second-order valence-corrected chi connectivity index (χ2v) is 7.82. The molecule has 166 valence electrons. The van der Waals surface area contributed by atoms with Gasteiger partial charge in [-0.15, -0.1) is 0 Å². The number of aryl methyl sites for hydroxylation is 1. The van der Waals surface area contributed by atoms with E-state index in [-0.39, 0.29) is 0 Å². The third-order valence-electron chi connectivity index (χ3n) is 5.57. The Balaban J connectivity index is 1.42. The van der Waals surface area contributed by atoms with Crippen LogP contribution in [0.15, 0.2) is 30.9 Å². The fourth-order valence-corrected chi connectivity index (χ4v) is 3.70. The Morgan fingerprint density at radius 3 is 2.47 bits per heavy atom. The average Bonchev–Trinajstić information content (AvgIpc) is 3.42. The molecule has 10 nitrogen and oxygen atoms in total. The Kier molecular flexibility index (Phi) is 5.04. The number of hydrogen-bond acceptors (Lipinski definition) is 8. The Labute approximate surface area is 185 Å². The van der Waals surface area contributed by atoms with Gasteiger partial charge in [-0.1, -0.05) is 0 Å². The molecule has 0 radical (unpaired) electrons. The first kappa shape index (κ1) is 20.1. The zero-order valence-corrected chi connectivity index (χ0v) is 18.5. The largest absolute Gasteiger partial charge is 0.493 e. The topological polar surface area (TPSA) is 101 Å². The number of aromatic nitrogens is 6. The number of ether oxygens (including phenoxy) is 3. The molecule has 5 rings (SSSR count). The average molecular weight is 435 g/mol. The van der Waals surface area contributed by atoms with Gasteiger partial charge in [0.15, 0.2) is 23.0 Å². The van der Waals surface area contributed by atoms with Gasteiger partial charge in [0.05, 0.1) is 44.3 Å². The normalized spacial score (nSPS) is 13.4. The number of nitrogens with one attached hydrogen (secondary N) is 1.